The maximum absolute atomic E-state index is 5.58. The van der Waals surface area contributed by atoms with Gasteiger partial charge in [0.2, 0.25) is 0 Å². The monoisotopic (exact) mass is 168 g/mol. The highest BCUT2D eigenvalue weighted by Gasteiger charge is 2.60. The number of nitrogens with two attached hydrogens (primary N) is 1. The van der Waals surface area contributed by atoms with E-state index < -0.39 is 0 Å². The molecule has 0 amide bonds. The highest BCUT2D eigenvalue weighted by atomic mass is 15.2. The smallest absolute Gasteiger partial charge is 0.0272 e. The molecule has 2 saturated carbocycles. The summed E-state index contributed by atoms with van der Waals surface area (Å²) in [4.78, 5) is 0. The van der Waals surface area contributed by atoms with E-state index in [1.54, 1.807) is 0 Å². The van der Waals surface area contributed by atoms with Gasteiger partial charge >= 0.3 is 0 Å². The van der Waals surface area contributed by atoms with E-state index in [9.17, 15) is 0 Å². The third-order valence-electron chi connectivity index (χ3n) is 5.00. The molecule has 0 aromatic rings. The van der Waals surface area contributed by atoms with Crippen LogP contribution in [0.15, 0.2) is 0 Å². The number of hydrogen-bond acceptors (Lipinski definition) is 2. The van der Waals surface area contributed by atoms with Crippen LogP contribution in [0.2, 0.25) is 0 Å². The van der Waals surface area contributed by atoms with Crippen LogP contribution in [0.25, 0.3) is 0 Å². The Bertz CT molecular complexity index is 200. The molecule has 70 valence electrons. The van der Waals surface area contributed by atoms with E-state index in [4.69, 9.17) is 5.84 Å². The third kappa shape index (κ3) is 0.728. The summed E-state index contributed by atoms with van der Waals surface area (Å²) in [5.74, 6) is 6.47. The molecule has 0 aromatic heterocycles. The van der Waals surface area contributed by atoms with Crippen LogP contribution in [0.3, 0.4) is 0 Å². The van der Waals surface area contributed by atoms with Gasteiger partial charge in [-0.2, -0.15) is 0 Å². The van der Waals surface area contributed by atoms with Crippen molar-refractivity contribution in [2.75, 3.05) is 0 Å². The second kappa shape index (κ2) is 2.24. The lowest BCUT2D eigenvalue weighted by Gasteiger charge is -2.38. The van der Waals surface area contributed by atoms with Gasteiger partial charge in [-0.15, -0.1) is 0 Å². The molecule has 2 heteroatoms. The molecule has 0 unspecified atom stereocenters. The number of hydrogen-bond donors (Lipinski definition) is 2. The van der Waals surface area contributed by atoms with Crippen LogP contribution in [0.1, 0.15) is 40.0 Å². The Balaban J connectivity index is 2.33. The van der Waals surface area contributed by atoms with Crippen LogP contribution in [-0.4, -0.2) is 6.04 Å². The molecule has 0 saturated heterocycles. The number of hydrazine groups is 1. The maximum atomic E-state index is 5.58. The van der Waals surface area contributed by atoms with Gasteiger partial charge < -0.3 is 0 Å². The summed E-state index contributed by atoms with van der Waals surface area (Å²) in [6, 6.07) is 0.547. The van der Waals surface area contributed by atoms with E-state index in [-0.39, 0.29) is 0 Å². The lowest BCUT2D eigenvalue weighted by molar-refractivity contribution is 0.121. The van der Waals surface area contributed by atoms with Crippen molar-refractivity contribution in [3.63, 3.8) is 0 Å². The van der Waals surface area contributed by atoms with Crippen LogP contribution in [0.5, 0.6) is 0 Å². The molecule has 2 aliphatic carbocycles. The van der Waals surface area contributed by atoms with Gasteiger partial charge in [0, 0.05) is 6.04 Å². The van der Waals surface area contributed by atoms with Crippen LogP contribution in [0.4, 0.5) is 0 Å². The van der Waals surface area contributed by atoms with Crippen molar-refractivity contribution in [1.29, 1.82) is 0 Å². The first-order valence-electron chi connectivity index (χ1n) is 4.98. The molecule has 0 aliphatic heterocycles. The molecule has 0 heterocycles. The lowest BCUT2D eigenvalue weighted by Crippen LogP contribution is -2.47. The average Bonchev–Trinajstić information content (AvgIpc) is 2.34. The first-order valence-corrected chi connectivity index (χ1v) is 4.98. The van der Waals surface area contributed by atoms with Crippen molar-refractivity contribution in [3.8, 4) is 0 Å². The fourth-order valence-corrected chi connectivity index (χ4v) is 3.46. The highest BCUT2D eigenvalue weighted by molar-refractivity contribution is 5.12. The summed E-state index contributed by atoms with van der Waals surface area (Å²) in [5, 5.41) is 0. The minimum atomic E-state index is 0.437. The van der Waals surface area contributed by atoms with Crippen LogP contribution in [0, 0.1) is 16.7 Å². The van der Waals surface area contributed by atoms with Gasteiger partial charge in [-0.05, 0) is 36.0 Å². The number of fused-ring (bicyclic) bond motifs is 2. The molecule has 0 spiro atoms. The molecule has 2 rings (SSSR count). The van der Waals surface area contributed by atoms with Crippen molar-refractivity contribution in [2.45, 2.75) is 46.1 Å². The first kappa shape index (κ1) is 8.52. The van der Waals surface area contributed by atoms with Gasteiger partial charge in [-0.1, -0.05) is 20.8 Å². The Labute approximate surface area is 74.9 Å². The molecular weight excluding hydrogens is 148 g/mol. The van der Waals surface area contributed by atoms with Crippen molar-refractivity contribution >= 4 is 0 Å². The molecule has 3 atom stereocenters. The molecule has 12 heavy (non-hydrogen) atoms. The second-order valence-corrected chi connectivity index (χ2v) is 5.33. The number of rotatable bonds is 1. The van der Waals surface area contributed by atoms with E-state index in [0.29, 0.717) is 16.9 Å². The number of nitrogens with one attached hydrogen (secondary N) is 1. The van der Waals surface area contributed by atoms with E-state index >= 15 is 0 Å². The zero-order chi connectivity index (χ0) is 8.98. The zero-order valence-corrected chi connectivity index (χ0v) is 8.35. The zero-order valence-electron chi connectivity index (χ0n) is 8.35. The normalized spacial score (nSPS) is 50.0. The third-order valence-corrected chi connectivity index (χ3v) is 5.00. The van der Waals surface area contributed by atoms with Crippen LogP contribution >= 0.6 is 0 Å². The predicted molar refractivity (Wildman–Crippen MR) is 50.3 cm³/mol. The molecule has 2 nitrogen and oxygen atoms in total. The fourth-order valence-electron chi connectivity index (χ4n) is 3.46. The summed E-state index contributed by atoms with van der Waals surface area (Å²) < 4.78 is 0. The van der Waals surface area contributed by atoms with E-state index in [1.165, 1.54) is 19.3 Å². The SMILES string of the molecule is CC1(C)[C@H]2CC[C@@]1(C)[C@H](NN)C2. The second-order valence-electron chi connectivity index (χ2n) is 5.33. The van der Waals surface area contributed by atoms with E-state index in [2.05, 4.69) is 26.2 Å². The predicted octanol–water partition coefficient (Wildman–Crippen LogP) is 1.66. The Morgan fingerprint density at radius 1 is 1.33 bits per heavy atom. The van der Waals surface area contributed by atoms with Crippen molar-refractivity contribution in [1.82, 2.24) is 5.43 Å². The highest BCUT2D eigenvalue weighted by Crippen LogP contribution is 2.65. The van der Waals surface area contributed by atoms with E-state index in [1.807, 2.05) is 0 Å². The van der Waals surface area contributed by atoms with E-state index in [0.717, 1.165) is 5.92 Å². The lowest BCUT2D eigenvalue weighted by atomic mass is 9.69. The Hall–Kier alpha value is -0.0800. The Morgan fingerprint density at radius 2 is 2.00 bits per heavy atom. The largest absolute Gasteiger partial charge is 0.271 e. The van der Waals surface area contributed by atoms with Crippen molar-refractivity contribution in [2.24, 2.45) is 22.6 Å². The van der Waals surface area contributed by atoms with Crippen molar-refractivity contribution in [3.05, 3.63) is 0 Å². The van der Waals surface area contributed by atoms with Gasteiger partial charge in [0.25, 0.3) is 0 Å². The standard InChI is InChI=1S/C10H20N2/c1-9(2)7-4-5-10(9,3)8(6-7)12-11/h7-8,12H,4-6,11H2,1-3H3/t7-,8+,10-/m0/s1. The first-order chi connectivity index (χ1) is 5.52. The van der Waals surface area contributed by atoms with Gasteiger partial charge in [0.05, 0.1) is 0 Å². The van der Waals surface area contributed by atoms with Crippen LogP contribution < -0.4 is 11.3 Å². The van der Waals surface area contributed by atoms with Crippen molar-refractivity contribution < 1.29 is 0 Å². The summed E-state index contributed by atoms with van der Waals surface area (Å²) in [5.41, 5.74) is 3.92. The molecule has 2 aliphatic rings. The van der Waals surface area contributed by atoms with Gasteiger partial charge in [0.15, 0.2) is 0 Å². The minimum Gasteiger partial charge on any atom is -0.271 e. The fraction of sp³-hybridized carbons (Fsp3) is 1.00. The van der Waals surface area contributed by atoms with Gasteiger partial charge in [-0.3, -0.25) is 11.3 Å². The topological polar surface area (TPSA) is 38.0 Å². The summed E-state index contributed by atoms with van der Waals surface area (Å²) >= 11 is 0. The van der Waals surface area contributed by atoms with Gasteiger partial charge in [0.1, 0.15) is 0 Å². The molecular formula is C10H20N2. The molecule has 2 bridgehead atoms. The molecule has 3 N–H and O–H groups in total. The molecule has 0 aromatic carbocycles. The van der Waals surface area contributed by atoms with Gasteiger partial charge in [-0.25, -0.2) is 0 Å². The average molecular weight is 168 g/mol. The Kier molecular flexibility index (Phi) is 1.59. The minimum absolute atomic E-state index is 0.437. The molecule has 0 radical (unpaired) electrons. The molecule has 2 fully saturated rings. The summed E-state index contributed by atoms with van der Waals surface area (Å²) in [6.45, 7) is 7.20. The maximum Gasteiger partial charge on any atom is 0.0272 e. The summed E-state index contributed by atoms with van der Waals surface area (Å²) in [6.07, 6.45) is 4.03. The quantitative estimate of drug-likeness (QED) is 0.461. The Morgan fingerprint density at radius 3 is 2.25 bits per heavy atom. The van der Waals surface area contributed by atoms with Crippen LogP contribution in [-0.2, 0) is 0 Å². The summed E-state index contributed by atoms with van der Waals surface area (Å²) in [7, 11) is 0.